The van der Waals surface area contributed by atoms with Crippen molar-refractivity contribution in [2.75, 3.05) is 26.4 Å². The van der Waals surface area contributed by atoms with Crippen molar-refractivity contribution in [3.8, 4) is 0 Å². The average Bonchev–Trinajstić information content (AvgIpc) is 2.50. The molecule has 1 saturated heterocycles. The number of ether oxygens (including phenoxy) is 2. The molecule has 1 fully saturated rings. The van der Waals surface area contributed by atoms with Crippen LogP contribution in [0.15, 0.2) is 18.5 Å². The van der Waals surface area contributed by atoms with Crippen LogP contribution in [0.4, 0.5) is 4.39 Å². The van der Waals surface area contributed by atoms with Crippen LogP contribution in [0, 0.1) is 5.82 Å². The van der Waals surface area contributed by atoms with Crippen molar-refractivity contribution in [1.82, 2.24) is 10.3 Å². The van der Waals surface area contributed by atoms with E-state index in [2.05, 4.69) is 17.2 Å². The van der Waals surface area contributed by atoms with Crippen molar-refractivity contribution in [1.29, 1.82) is 0 Å². The van der Waals surface area contributed by atoms with Gasteiger partial charge in [-0.05, 0) is 26.0 Å². The highest BCUT2D eigenvalue weighted by atomic mass is 19.1. The van der Waals surface area contributed by atoms with Gasteiger partial charge in [-0.25, -0.2) is 4.39 Å². The topological polar surface area (TPSA) is 43.4 Å². The summed E-state index contributed by atoms with van der Waals surface area (Å²) >= 11 is 0. The minimum absolute atomic E-state index is 0.177. The molecule has 0 aromatic carbocycles. The summed E-state index contributed by atoms with van der Waals surface area (Å²) in [5, 5.41) is 3.47. The van der Waals surface area contributed by atoms with Crippen LogP contribution in [0.1, 0.15) is 44.7 Å². The molecule has 5 heteroatoms. The lowest BCUT2D eigenvalue weighted by Crippen LogP contribution is -2.50. The number of pyridine rings is 1. The van der Waals surface area contributed by atoms with E-state index < -0.39 is 5.60 Å². The third-order valence-corrected chi connectivity index (χ3v) is 4.01. The van der Waals surface area contributed by atoms with Crippen molar-refractivity contribution >= 4 is 0 Å². The van der Waals surface area contributed by atoms with E-state index in [0.717, 1.165) is 25.8 Å². The molecule has 2 rings (SSSR count). The normalized spacial score (nSPS) is 19.4. The third-order valence-electron chi connectivity index (χ3n) is 4.01. The molecule has 118 valence electrons. The molecular formula is C16H25FN2O2. The maximum absolute atomic E-state index is 14.2. The first-order valence-corrected chi connectivity index (χ1v) is 7.78. The molecule has 21 heavy (non-hydrogen) atoms. The number of nitrogens with one attached hydrogen (secondary N) is 1. The highest BCUT2D eigenvalue weighted by Gasteiger charge is 2.42. The summed E-state index contributed by atoms with van der Waals surface area (Å²) < 4.78 is 25.8. The second-order valence-electron chi connectivity index (χ2n) is 5.39. The van der Waals surface area contributed by atoms with Crippen LogP contribution in [-0.4, -0.2) is 37.0 Å². The smallest absolute Gasteiger partial charge is 0.146 e. The summed E-state index contributed by atoms with van der Waals surface area (Å²) in [7, 11) is 0. The summed E-state index contributed by atoms with van der Waals surface area (Å²) in [6, 6.07) is 1.57. The van der Waals surface area contributed by atoms with Gasteiger partial charge in [0.05, 0.1) is 17.8 Å². The maximum atomic E-state index is 14.2. The first kappa shape index (κ1) is 16.3. The Hall–Kier alpha value is -1.04. The van der Waals surface area contributed by atoms with E-state index in [1.54, 1.807) is 12.3 Å². The number of hydrogen-bond donors (Lipinski definition) is 1. The molecule has 1 aliphatic heterocycles. The second kappa shape index (κ2) is 7.82. The van der Waals surface area contributed by atoms with Gasteiger partial charge in [0, 0.05) is 44.4 Å². The van der Waals surface area contributed by atoms with Crippen LogP contribution in [-0.2, 0) is 9.47 Å². The lowest BCUT2D eigenvalue weighted by atomic mass is 9.82. The maximum Gasteiger partial charge on any atom is 0.146 e. The fourth-order valence-corrected chi connectivity index (χ4v) is 3.01. The van der Waals surface area contributed by atoms with Crippen LogP contribution < -0.4 is 5.32 Å². The van der Waals surface area contributed by atoms with E-state index >= 15 is 0 Å². The molecule has 1 aliphatic rings. The first-order chi connectivity index (χ1) is 10.2. The van der Waals surface area contributed by atoms with Gasteiger partial charge >= 0.3 is 0 Å². The standard InChI is InChI=1S/C16H25FN2O2/c1-3-8-19-15(13-5-9-18-12-14(13)17)16(21-4-2)6-10-20-11-7-16/h5,9,12,15,19H,3-4,6-8,10-11H2,1-2H3. The van der Waals surface area contributed by atoms with E-state index in [-0.39, 0.29) is 11.9 Å². The molecule has 0 bridgehead atoms. The van der Waals surface area contributed by atoms with E-state index in [9.17, 15) is 4.39 Å². The van der Waals surface area contributed by atoms with Crippen LogP contribution in [0.3, 0.4) is 0 Å². The van der Waals surface area contributed by atoms with Crippen LogP contribution in [0.25, 0.3) is 0 Å². The Balaban J connectivity index is 2.34. The predicted octanol–water partition coefficient (Wildman–Crippen LogP) is 2.85. The van der Waals surface area contributed by atoms with E-state index in [1.807, 2.05) is 6.92 Å². The summed E-state index contributed by atoms with van der Waals surface area (Å²) in [6.45, 7) is 6.81. The third kappa shape index (κ3) is 3.78. The van der Waals surface area contributed by atoms with E-state index in [0.29, 0.717) is 25.4 Å². The zero-order valence-corrected chi connectivity index (χ0v) is 12.9. The molecule has 1 aromatic heterocycles. The van der Waals surface area contributed by atoms with Gasteiger partial charge in [-0.15, -0.1) is 0 Å². The van der Waals surface area contributed by atoms with Crippen molar-refractivity contribution in [2.45, 2.75) is 44.8 Å². The molecule has 0 amide bonds. The number of rotatable bonds is 7. The minimum Gasteiger partial charge on any atom is -0.381 e. The van der Waals surface area contributed by atoms with E-state index in [4.69, 9.17) is 9.47 Å². The molecule has 4 nitrogen and oxygen atoms in total. The highest BCUT2D eigenvalue weighted by Crippen LogP contribution is 2.38. The highest BCUT2D eigenvalue weighted by molar-refractivity contribution is 5.22. The van der Waals surface area contributed by atoms with Crippen LogP contribution in [0.2, 0.25) is 0 Å². The first-order valence-electron chi connectivity index (χ1n) is 7.78. The SMILES string of the molecule is CCCNC(c1ccncc1F)C1(OCC)CCOCC1. The van der Waals surface area contributed by atoms with Gasteiger partial charge in [-0.1, -0.05) is 6.92 Å². The summed E-state index contributed by atoms with van der Waals surface area (Å²) in [5.41, 5.74) is 0.221. The number of hydrogen-bond acceptors (Lipinski definition) is 4. The van der Waals surface area contributed by atoms with Crippen LogP contribution >= 0.6 is 0 Å². The lowest BCUT2D eigenvalue weighted by Gasteiger charge is -2.43. The Morgan fingerprint density at radius 1 is 1.43 bits per heavy atom. The van der Waals surface area contributed by atoms with Gasteiger partial charge in [0.25, 0.3) is 0 Å². The number of halogens is 1. The van der Waals surface area contributed by atoms with Gasteiger partial charge in [-0.2, -0.15) is 0 Å². The Labute approximate surface area is 126 Å². The summed E-state index contributed by atoms with van der Waals surface area (Å²) in [4.78, 5) is 3.85. The molecule has 1 unspecified atom stereocenters. The van der Waals surface area contributed by atoms with Gasteiger partial charge < -0.3 is 14.8 Å². The second-order valence-corrected chi connectivity index (χ2v) is 5.39. The predicted molar refractivity (Wildman–Crippen MR) is 79.6 cm³/mol. The van der Waals surface area contributed by atoms with Crippen molar-refractivity contribution < 1.29 is 13.9 Å². The molecule has 2 heterocycles. The van der Waals surface area contributed by atoms with Gasteiger partial charge in [0.15, 0.2) is 0 Å². The fourth-order valence-electron chi connectivity index (χ4n) is 3.01. The average molecular weight is 296 g/mol. The Morgan fingerprint density at radius 2 is 2.19 bits per heavy atom. The fraction of sp³-hybridized carbons (Fsp3) is 0.688. The lowest BCUT2D eigenvalue weighted by molar-refractivity contribution is -0.128. The molecule has 0 aliphatic carbocycles. The summed E-state index contributed by atoms with van der Waals surface area (Å²) in [6.07, 6.45) is 5.43. The Kier molecular flexibility index (Phi) is 6.08. The Morgan fingerprint density at radius 3 is 2.81 bits per heavy atom. The van der Waals surface area contributed by atoms with Crippen molar-refractivity contribution in [2.24, 2.45) is 0 Å². The van der Waals surface area contributed by atoms with Crippen molar-refractivity contribution in [3.63, 3.8) is 0 Å². The molecule has 0 radical (unpaired) electrons. The number of nitrogens with zero attached hydrogens (tertiary/aromatic N) is 1. The van der Waals surface area contributed by atoms with Crippen molar-refractivity contribution in [3.05, 3.63) is 29.8 Å². The zero-order valence-electron chi connectivity index (χ0n) is 12.9. The molecule has 1 N–H and O–H groups in total. The molecule has 0 spiro atoms. The largest absolute Gasteiger partial charge is 0.381 e. The number of aromatic nitrogens is 1. The van der Waals surface area contributed by atoms with Gasteiger partial charge in [0.1, 0.15) is 5.82 Å². The van der Waals surface area contributed by atoms with Gasteiger partial charge in [-0.3, -0.25) is 4.98 Å². The van der Waals surface area contributed by atoms with E-state index in [1.165, 1.54) is 6.20 Å². The quantitative estimate of drug-likeness (QED) is 0.840. The molecular weight excluding hydrogens is 271 g/mol. The molecule has 1 atom stereocenters. The van der Waals surface area contributed by atoms with Crippen LogP contribution in [0.5, 0.6) is 0 Å². The monoisotopic (exact) mass is 296 g/mol. The zero-order chi connectivity index (χ0) is 15.1. The minimum atomic E-state index is -0.412. The molecule has 0 saturated carbocycles. The Bertz CT molecular complexity index is 431. The summed E-state index contributed by atoms with van der Waals surface area (Å²) in [5.74, 6) is -0.281. The van der Waals surface area contributed by atoms with Gasteiger partial charge in [0.2, 0.25) is 0 Å². The molecule has 1 aromatic rings.